The van der Waals surface area contributed by atoms with Crippen molar-refractivity contribution in [2.24, 2.45) is 15.8 Å². The maximum absolute atomic E-state index is 5.91. The number of nitrogens with two attached hydrogens (primary N) is 1. The van der Waals surface area contributed by atoms with Crippen LogP contribution in [-0.2, 0) is 6.42 Å². The minimum absolute atomic E-state index is 0.291. The van der Waals surface area contributed by atoms with Gasteiger partial charge in [0, 0.05) is 49.0 Å². The summed E-state index contributed by atoms with van der Waals surface area (Å²) in [6.07, 6.45) is 4.45. The molecule has 3 aromatic rings. The van der Waals surface area contributed by atoms with Crippen LogP contribution in [-0.4, -0.2) is 44.9 Å². The normalized spacial score (nSPS) is 11.9. The van der Waals surface area contributed by atoms with Gasteiger partial charge in [0.1, 0.15) is 5.75 Å². The van der Waals surface area contributed by atoms with Gasteiger partial charge in [0.25, 0.3) is 0 Å². The van der Waals surface area contributed by atoms with E-state index in [-0.39, 0.29) is 0 Å². The average Bonchev–Trinajstić information content (AvgIpc) is 3.12. The molecule has 2 aromatic carbocycles. The molecule has 7 heteroatoms. The minimum atomic E-state index is 0.291. The lowest BCUT2D eigenvalue weighted by atomic mass is 10.1. The topological polar surface area (TPSA) is 91.0 Å². The van der Waals surface area contributed by atoms with Crippen molar-refractivity contribution in [1.82, 2.24) is 10.4 Å². The Bertz CT molecular complexity index is 1020. The monoisotopic (exact) mass is 392 g/mol. The second kappa shape index (κ2) is 9.14. The molecule has 0 aliphatic carbocycles. The molecular formula is C22H28N6O. The van der Waals surface area contributed by atoms with E-state index >= 15 is 0 Å². The number of hydrogen-bond acceptors (Lipinski definition) is 4. The van der Waals surface area contributed by atoms with E-state index in [0.717, 1.165) is 34.2 Å². The summed E-state index contributed by atoms with van der Waals surface area (Å²) in [4.78, 5) is 9.68. The predicted octanol–water partition coefficient (Wildman–Crippen LogP) is 3.03. The Labute approximate surface area is 171 Å². The number of guanidine groups is 1. The maximum atomic E-state index is 5.91. The Balaban J connectivity index is 1.57. The van der Waals surface area contributed by atoms with Crippen LogP contribution in [0, 0.1) is 6.92 Å². The highest BCUT2D eigenvalue weighted by Crippen LogP contribution is 2.26. The Morgan fingerprint density at radius 3 is 2.69 bits per heavy atom. The molecule has 3 rings (SSSR count). The first-order chi connectivity index (χ1) is 14.0. The Hall–Kier alpha value is -3.48. The van der Waals surface area contributed by atoms with Gasteiger partial charge in [-0.3, -0.25) is 4.99 Å². The zero-order chi connectivity index (χ0) is 20.8. The van der Waals surface area contributed by atoms with E-state index in [9.17, 15) is 0 Å². The quantitative estimate of drug-likeness (QED) is 0.327. The third-order valence-corrected chi connectivity index (χ3v) is 4.75. The second-order valence-corrected chi connectivity index (χ2v) is 7.06. The third kappa shape index (κ3) is 5.07. The Kier molecular flexibility index (Phi) is 6.39. The first kappa shape index (κ1) is 20.3. The number of hydrazone groups is 1. The summed E-state index contributed by atoms with van der Waals surface area (Å²) in [5, 5.41) is 5.25. The van der Waals surface area contributed by atoms with Crippen LogP contribution in [0.25, 0.3) is 10.9 Å². The van der Waals surface area contributed by atoms with Crippen LogP contribution in [0.5, 0.6) is 5.75 Å². The van der Waals surface area contributed by atoms with Crippen molar-refractivity contribution in [3.8, 4) is 5.75 Å². The molecule has 7 nitrogen and oxygen atoms in total. The molecule has 152 valence electrons. The van der Waals surface area contributed by atoms with Gasteiger partial charge in [0.2, 0.25) is 5.96 Å². The Morgan fingerprint density at radius 1 is 1.24 bits per heavy atom. The molecule has 0 aliphatic rings. The van der Waals surface area contributed by atoms with Crippen LogP contribution in [0.3, 0.4) is 0 Å². The first-order valence-corrected chi connectivity index (χ1v) is 9.49. The van der Waals surface area contributed by atoms with Gasteiger partial charge in [-0.05, 0) is 48.7 Å². The predicted molar refractivity (Wildman–Crippen MR) is 121 cm³/mol. The molecule has 1 heterocycles. The lowest BCUT2D eigenvalue weighted by Crippen LogP contribution is -2.27. The second-order valence-electron chi connectivity index (χ2n) is 7.06. The molecule has 0 saturated heterocycles. The van der Waals surface area contributed by atoms with Gasteiger partial charge in [-0.2, -0.15) is 5.10 Å². The summed E-state index contributed by atoms with van der Waals surface area (Å²) in [6.45, 7) is 2.64. The van der Waals surface area contributed by atoms with E-state index in [1.54, 1.807) is 13.3 Å². The molecular weight excluding hydrogens is 364 g/mol. The molecule has 0 bridgehead atoms. The average molecular weight is 393 g/mol. The number of ether oxygens (including phenoxy) is 1. The number of fused-ring (bicyclic) bond motifs is 1. The number of hydrogen-bond donors (Lipinski definition) is 3. The smallest absolute Gasteiger partial charge is 0.209 e. The van der Waals surface area contributed by atoms with E-state index < -0.39 is 0 Å². The molecule has 0 amide bonds. The van der Waals surface area contributed by atoms with Gasteiger partial charge in [-0.15, -0.1) is 0 Å². The van der Waals surface area contributed by atoms with E-state index in [4.69, 9.17) is 10.5 Å². The molecule has 0 fully saturated rings. The number of H-pyrrole nitrogens is 1. The Morgan fingerprint density at radius 2 is 2.00 bits per heavy atom. The van der Waals surface area contributed by atoms with Gasteiger partial charge >= 0.3 is 0 Å². The van der Waals surface area contributed by atoms with Gasteiger partial charge in [0.05, 0.1) is 13.3 Å². The summed E-state index contributed by atoms with van der Waals surface area (Å²) in [7, 11) is 5.72. The molecule has 4 N–H and O–H groups in total. The SMILES string of the molecule is COc1cc(C)c2[nH]cc(/C=N/NC(N)=NCCc3ccc(N(C)C)cc3)c2c1. The number of aromatic amines is 1. The lowest BCUT2D eigenvalue weighted by Gasteiger charge is -2.12. The highest BCUT2D eigenvalue weighted by atomic mass is 16.5. The number of methoxy groups -OCH3 is 1. The van der Waals surface area contributed by atoms with E-state index in [0.29, 0.717) is 12.5 Å². The van der Waals surface area contributed by atoms with Crippen LogP contribution in [0.1, 0.15) is 16.7 Å². The maximum Gasteiger partial charge on any atom is 0.209 e. The molecule has 0 spiro atoms. The highest BCUT2D eigenvalue weighted by Gasteiger charge is 2.06. The summed E-state index contributed by atoms with van der Waals surface area (Å²) < 4.78 is 5.35. The number of nitrogens with one attached hydrogen (secondary N) is 2. The summed E-state index contributed by atoms with van der Waals surface area (Å²) >= 11 is 0. The summed E-state index contributed by atoms with van der Waals surface area (Å²) in [6, 6.07) is 12.4. The van der Waals surface area contributed by atoms with E-state index in [1.165, 1.54) is 11.3 Å². The van der Waals surface area contributed by atoms with Crippen LogP contribution in [0.15, 0.2) is 52.7 Å². The van der Waals surface area contributed by atoms with Crippen molar-refractivity contribution in [2.45, 2.75) is 13.3 Å². The van der Waals surface area contributed by atoms with Gasteiger partial charge < -0.3 is 20.4 Å². The van der Waals surface area contributed by atoms with Crippen LogP contribution < -0.4 is 20.8 Å². The summed E-state index contributed by atoms with van der Waals surface area (Å²) in [5.41, 5.74) is 14.2. The number of aromatic nitrogens is 1. The van der Waals surface area contributed by atoms with E-state index in [2.05, 4.69) is 49.7 Å². The summed E-state index contributed by atoms with van der Waals surface area (Å²) in [5.74, 6) is 1.11. The van der Waals surface area contributed by atoms with Crippen molar-refractivity contribution in [3.63, 3.8) is 0 Å². The van der Waals surface area contributed by atoms with Crippen LogP contribution >= 0.6 is 0 Å². The minimum Gasteiger partial charge on any atom is -0.497 e. The molecule has 0 atom stereocenters. The van der Waals surface area contributed by atoms with Gasteiger partial charge in [-0.25, -0.2) is 5.43 Å². The van der Waals surface area contributed by atoms with Gasteiger partial charge in [-0.1, -0.05) is 12.1 Å². The van der Waals surface area contributed by atoms with Crippen molar-refractivity contribution in [3.05, 3.63) is 59.3 Å². The van der Waals surface area contributed by atoms with Crippen LogP contribution in [0.4, 0.5) is 5.69 Å². The lowest BCUT2D eigenvalue weighted by molar-refractivity contribution is 0.415. The van der Waals surface area contributed by atoms with Crippen molar-refractivity contribution in [1.29, 1.82) is 0 Å². The largest absolute Gasteiger partial charge is 0.497 e. The molecule has 0 radical (unpaired) electrons. The van der Waals surface area contributed by atoms with Crippen molar-refractivity contribution >= 4 is 28.8 Å². The van der Waals surface area contributed by atoms with Crippen LogP contribution in [0.2, 0.25) is 0 Å². The fourth-order valence-corrected chi connectivity index (χ4v) is 3.10. The number of aryl methyl sites for hydroxylation is 1. The van der Waals surface area contributed by atoms with Crippen molar-refractivity contribution in [2.75, 3.05) is 32.6 Å². The molecule has 29 heavy (non-hydrogen) atoms. The molecule has 1 aromatic heterocycles. The fraction of sp³-hybridized carbons (Fsp3) is 0.273. The van der Waals surface area contributed by atoms with Gasteiger partial charge in [0.15, 0.2) is 0 Å². The standard InChI is InChI=1S/C22H28N6O/c1-15-11-19(29-4)12-20-17(13-25-21(15)20)14-26-27-22(23)24-10-9-16-5-7-18(8-6-16)28(2)3/h5-8,11-14,25H,9-10H2,1-4H3,(H3,23,24,27)/b26-14+. The van der Waals surface area contributed by atoms with Crippen molar-refractivity contribution < 1.29 is 4.74 Å². The number of nitrogens with zero attached hydrogens (tertiary/aromatic N) is 3. The van der Waals surface area contributed by atoms with E-state index in [1.807, 2.05) is 39.3 Å². The number of benzene rings is 2. The molecule has 0 aliphatic heterocycles. The molecule has 0 saturated carbocycles. The zero-order valence-electron chi connectivity index (χ0n) is 17.4. The number of aliphatic imine (C=N–C) groups is 1. The number of rotatable bonds is 7. The first-order valence-electron chi connectivity index (χ1n) is 9.49. The zero-order valence-corrected chi connectivity index (χ0v) is 17.4. The third-order valence-electron chi connectivity index (χ3n) is 4.75. The number of anilines is 1. The highest BCUT2D eigenvalue weighted by molar-refractivity contribution is 6.01. The molecule has 0 unspecified atom stereocenters. The fourth-order valence-electron chi connectivity index (χ4n) is 3.10.